The van der Waals surface area contributed by atoms with E-state index in [-0.39, 0.29) is 29.5 Å². The SMILES string of the molecule is C[C@@H](CCC(=O)O)[C@H]1CCC2=C3CC[C@@H]4C[C@H](O)CC[C@]4(C)[C@@H]3C[C@H](O)[C@@]21C. The summed E-state index contributed by atoms with van der Waals surface area (Å²) < 4.78 is 0. The van der Waals surface area contributed by atoms with Gasteiger partial charge in [0, 0.05) is 11.8 Å². The van der Waals surface area contributed by atoms with Crippen LogP contribution in [0.15, 0.2) is 11.1 Å². The van der Waals surface area contributed by atoms with Gasteiger partial charge in [0.2, 0.25) is 0 Å². The van der Waals surface area contributed by atoms with Gasteiger partial charge in [-0.15, -0.1) is 0 Å². The van der Waals surface area contributed by atoms with Crippen LogP contribution in [0.5, 0.6) is 0 Å². The number of allylic oxidation sites excluding steroid dienone is 1. The second kappa shape index (κ2) is 7.12. The van der Waals surface area contributed by atoms with Crippen molar-refractivity contribution in [3.63, 3.8) is 0 Å². The summed E-state index contributed by atoms with van der Waals surface area (Å²) in [5.41, 5.74) is 3.20. The summed E-state index contributed by atoms with van der Waals surface area (Å²) >= 11 is 0. The maximum atomic E-state index is 11.4. The molecule has 4 heteroatoms. The number of aliphatic carboxylic acids is 1. The van der Waals surface area contributed by atoms with Crippen LogP contribution in [0.25, 0.3) is 0 Å². The maximum absolute atomic E-state index is 11.4. The smallest absolute Gasteiger partial charge is 0.303 e. The zero-order chi connectivity index (χ0) is 20.3. The first-order chi connectivity index (χ1) is 13.2. The molecule has 0 saturated heterocycles. The van der Waals surface area contributed by atoms with Crippen LogP contribution in [0, 0.1) is 34.5 Å². The van der Waals surface area contributed by atoms with Crippen LogP contribution in [-0.4, -0.2) is 33.5 Å². The van der Waals surface area contributed by atoms with Crippen LogP contribution in [0.4, 0.5) is 0 Å². The Morgan fingerprint density at radius 2 is 1.89 bits per heavy atom. The molecule has 0 amide bonds. The van der Waals surface area contributed by atoms with Crippen LogP contribution >= 0.6 is 0 Å². The van der Waals surface area contributed by atoms with Gasteiger partial charge in [-0.1, -0.05) is 31.9 Å². The van der Waals surface area contributed by atoms with Crippen LogP contribution < -0.4 is 0 Å². The molecule has 28 heavy (non-hydrogen) atoms. The van der Waals surface area contributed by atoms with Gasteiger partial charge in [-0.05, 0) is 86.9 Å². The highest BCUT2D eigenvalue weighted by Gasteiger charge is 2.58. The minimum atomic E-state index is -0.719. The molecule has 0 spiro atoms. The minimum absolute atomic E-state index is 0.142. The van der Waals surface area contributed by atoms with Crippen molar-refractivity contribution in [1.29, 1.82) is 0 Å². The predicted octanol–water partition coefficient (Wildman–Crippen LogP) is 4.54. The molecule has 0 aromatic rings. The average molecular weight is 391 g/mol. The largest absolute Gasteiger partial charge is 0.481 e. The molecule has 0 aromatic carbocycles. The average Bonchev–Trinajstić information content (AvgIpc) is 3.00. The third-order valence-corrected chi connectivity index (χ3v) is 9.65. The van der Waals surface area contributed by atoms with Gasteiger partial charge in [-0.25, -0.2) is 0 Å². The van der Waals surface area contributed by atoms with E-state index in [9.17, 15) is 15.0 Å². The Morgan fingerprint density at radius 1 is 1.14 bits per heavy atom. The lowest BCUT2D eigenvalue weighted by Crippen LogP contribution is -2.52. The van der Waals surface area contributed by atoms with Crippen molar-refractivity contribution in [1.82, 2.24) is 0 Å². The molecule has 0 aromatic heterocycles. The van der Waals surface area contributed by atoms with Crippen molar-refractivity contribution in [3.05, 3.63) is 11.1 Å². The molecule has 0 heterocycles. The molecular formula is C24H38O4. The van der Waals surface area contributed by atoms with Crippen molar-refractivity contribution in [2.24, 2.45) is 34.5 Å². The summed E-state index contributed by atoms with van der Waals surface area (Å²) in [5.74, 6) is 1.02. The van der Waals surface area contributed by atoms with Crippen molar-refractivity contribution < 1.29 is 20.1 Å². The summed E-state index contributed by atoms with van der Waals surface area (Å²) in [6, 6.07) is 0. The monoisotopic (exact) mass is 390 g/mol. The maximum Gasteiger partial charge on any atom is 0.303 e. The van der Waals surface area contributed by atoms with E-state index in [1.165, 1.54) is 12.0 Å². The van der Waals surface area contributed by atoms with Crippen molar-refractivity contribution in [2.75, 3.05) is 0 Å². The van der Waals surface area contributed by atoms with E-state index in [2.05, 4.69) is 20.8 Å². The number of hydrogen-bond donors (Lipinski definition) is 3. The Balaban J connectivity index is 1.64. The Hall–Kier alpha value is -0.870. The second-order valence-corrected chi connectivity index (χ2v) is 10.8. The molecule has 8 atom stereocenters. The van der Waals surface area contributed by atoms with Crippen LogP contribution in [0.3, 0.4) is 0 Å². The number of aliphatic hydroxyl groups is 2. The summed E-state index contributed by atoms with van der Waals surface area (Å²) in [7, 11) is 0. The fraction of sp³-hybridized carbons (Fsp3) is 0.875. The van der Waals surface area contributed by atoms with E-state index in [1.807, 2.05) is 0 Å². The number of fused-ring (bicyclic) bond motifs is 4. The standard InChI is InChI=1S/C24H38O4/c1-14(4-9-22(27)28)18-7-8-19-17-6-5-15-12-16(25)10-11-23(15,2)20(17)13-21(26)24(18,19)3/h14-16,18,20-21,25-26H,4-13H2,1-3H3,(H,27,28)/t14-,15+,16+,18+,20+,21-,23-,24+/m0/s1. The molecule has 4 aliphatic rings. The second-order valence-electron chi connectivity index (χ2n) is 10.8. The number of hydrogen-bond acceptors (Lipinski definition) is 3. The van der Waals surface area contributed by atoms with Crippen LogP contribution in [0.2, 0.25) is 0 Å². The normalized spacial score (nSPS) is 46.5. The van der Waals surface area contributed by atoms with Crippen LogP contribution in [-0.2, 0) is 4.79 Å². The summed E-state index contributed by atoms with van der Waals surface area (Å²) in [6.45, 7) is 6.88. The zero-order valence-corrected chi connectivity index (χ0v) is 17.8. The predicted molar refractivity (Wildman–Crippen MR) is 109 cm³/mol. The van der Waals surface area contributed by atoms with Gasteiger partial charge >= 0.3 is 5.97 Å². The molecule has 3 saturated carbocycles. The molecule has 0 bridgehead atoms. The first kappa shape index (κ1) is 20.4. The molecule has 4 nitrogen and oxygen atoms in total. The van der Waals surface area contributed by atoms with Gasteiger partial charge in [0.15, 0.2) is 0 Å². The molecule has 158 valence electrons. The fourth-order valence-electron chi connectivity index (χ4n) is 7.92. The molecular weight excluding hydrogens is 352 g/mol. The minimum Gasteiger partial charge on any atom is -0.481 e. The molecule has 0 aliphatic heterocycles. The topological polar surface area (TPSA) is 77.8 Å². The number of rotatable bonds is 4. The van der Waals surface area contributed by atoms with E-state index >= 15 is 0 Å². The van der Waals surface area contributed by atoms with Crippen molar-refractivity contribution in [3.8, 4) is 0 Å². The van der Waals surface area contributed by atoms with E-state index in [0.717, 1.165) is 44.9 Å². The van der Waals surface area contributed by atoms with Gasteiger partial charge in [0.25, 0.3) is 0 Å². The van der Waals surface area contributed by atoms with Crippen LogP contribution in [0.1, 0.15) is 85.0 Å². The number of carboxylic acids is 1. The Labute approximate surface area is 169 Å². The fourth-order valence-corrected chi connectivity index (χ4v) is 7.92. The van der Waals surface area contributed by atoms with E-state index in [0.29, 0.717) is 30.1 Å². The lowest BCUT2D eigenvalue weighted by molar-refractivity contribution is -0.137. The van der Waals surface area contributed by atoms with Gasteiger partial charge in [0.05, 0.1) is 12.2 Å². The van der Waals surface area contributed by atoms with E-state index in [4.69, 9.17) is 5.11 Å². The first-order valence-electron chi connectivity index (χ1n) is 11.5. The van der Waals surface area contributed by atoms with E-state index in [1.54, 1.807) is 5.57 Å². The van der Waals surface area contributed by atoms with Gasteiger partial charge in [0.1, 0.15) is 0 Å². The quantitative estimate of drug-likeness (QED) is 0.616. The highest BCUT2D eigenvalue weighted by atomic mass is 16.4. The first-order valence-corrected chi connectivity index (χ1v) is 11.5. The lowest BCUT2D eigenvalue weighted by atomic mass is 9.48. The summed E-state index contributed by atoms with van der Waals surface area (Å²) in [6.07, 6.45) is 8.65. The summed E-state index contributed by atoms with van der Waals surface area (Å²) in [5, 5.41) is 30.7. The van der Waals surface area contributed by atoms with Gasteiger partial charge < -0.3 is 15.3 Å². The third-order valence-electron chi connectivity index (χ3n) is 9.65. The molecule has 0 unspecified atom stereocenters. The molecule has 0 radical (unpaired) electrons. The Kier molecular flexibility index (Phi) is 5.19. The lowest BCUT2D eigenvalue weighted by Gasteiger charge is -2.58. The number of aliphatic hydroxyl groups excluding tert-OH is 2. The number of carboxylic acid groups (broad SMARTS) is 1. The molecule has 4 aliphatic carbocycles. The molecule has 3 fully saturated rings. The Bertz CT molecular complexity index is 670. The van der Waals surface area contributed by atoms with Gasteiger partial charge in [-0.3, -0.25) is 4.79 Å². The molecule has 4 rings (SSSR count). The van der Waals surface area contributed by atoms with E-state index < -0.39 is 5.97 Å². The zero-order valence-electron chi connectivity index (χ0n) is 17.8. The third kappa shape index (κ3) is 2.98. The molecule has 3 N–H and O–H groups in total. The van der Waals surface area contributed by atoms with Crippen molar-refractivity contribution >= 4 is 5.97 Å². The highest BCUT2D eigenvalue weighted by molar-refractivity contribution is 5.66. The highest BCUT2D eigenvalue weighted by Crippen LogP contribution is 2.65. The number of carbonyl (C=O) groups is 1. The Morgan fingerprint density at radius 3 is 2.61 bits per heavy atom. The van der Waals surface area contributed by atoms with Gasteiger partial charge in [-0.2, -0.15) is 0 Å². The summed E-state index contributed by atoms with van der Waals surface area (Å²) in [4.78, 5) is 11.0. The van der Waals surface area contributed by atoms with Crippen molar-refractivity contribution in [2.45, 2.75) is 97.2 Å².